The summed E-state index contributed by atoms with van der Waals surface area (Å²) in [5.74, 6) is 0. The van der Waals surface area contributed by atoms with E-state index in [0.29, 0.717) is 0 Å². The van der Waals surface area contributed by atoms with Gasteiger partial charge in [0.1, 0.15) is 0 Å². The zero-order valence-electron chi connectivity index (χ0n) is 2.20. The Hall–Kier alpha value is 1.46. The van der Waals surface area contributed by atoms with Crippen molar-refractivity contribution in [1.29, 1.82) is 0 Å². The van der Waals surface area contributed by atoms with Gasteiger partial charge in [-0.1, -0.05) is 0 Å². The fourth-order valence-electron chi connectivity index (χ4n) is 0. The molecule has 3 heteroatoms. The maximum Gasteiger partial charge on any atom is -1.00 e. The first-order valence-corrected chi connectivity index (χ1v) is 3.92. The van der Waals surface area contributed by atoms with Gasteiger partial charge < -0.3 is 24.8 Å². The minimum atomic E-state index is 0. The van der Waals surface area contributed by atoms with E-state index in [4.69, 9.17) is 0 Å². The van der Waals surface area contributed by atoms with Crippen LogP contribution in [0.5, 0.6) is 0 Å². The van der Waals surface area contributed by atoms with Crippen molar-refractivity contribution in [3.63, 3.8) is 0 Å². The Labute approximate surface area is 54.0 Å². The molecule has 0 aromatic heterocycles. The number of hydrogen-bond acceptors (Lipinski definition) is 0. The number of halogens is 2. The molecule has 0 nitrogen and oxygen atoms in total. The largest absolute Gasteiger partial charge is 1.00 e. The van der Waals surface area contributed by atoms with E-state index in [1.165, 1.54) is 24.7 Å². The van der Waals surface area contributed by atoms with E-state index in [-0.39, 0.29) is 24.8 Å². The number of hydrogen-bond donors (Lipinski definition) is 0. The first-order valence-electron chi connectivity index (χ1n) is 0.447. The van der Waals surface area contributed by atoms with Crippen molar-refractivity contribution in [2.45, 2.75) is 4.63 Å². The third-order valence-corrected chi connectivity index (χ3v) is 0. The summed E-state index contributed by atoms with van der Waals surface area (Å²) >= 11 is 1.44. The van der Waals surface area contributed by atoms with Gasteiger partial charge in [0.25, 0.3) is 0 Å². The summed E-state index contributed by atoms with van der Waals surface area (Å²) in [6.07, 6.45) is 0. The second kappa shape index (κ2) is 25.0. The zero-order chi connectivity index (χ0) is 2.00. The maximum absolute atomic E-state index is 2.11. The molecule has 0 heterocycles. The summed E-state index contributed by atoms with van der Waals surface area (Å²) in [6, 6.07) is 0. The van der Waals surface area contributed by atoms with E-state index < -0.39 is 0 Å². The molecule has 0 saturated heterocycles. The number of rotatable bonds is 0. The topological polar surface area (TPSA) is 0 Å². The van der Waals surface area contributed by atoms with Crippen molar-refractivity contribution in [1.82, 2.24) is 0 Å². The van der Waals surface area contributed by atoms with Crippen LogP contribution in [0.4, 0.5) is 0 Å². The normalized spacial score (nSPS) is 1.25. The predicted molar refractivity (Wildman–Crippen MR) is 11.6 cm³/mol. The average molecular weight is 295 g/mol. The fourth-order valence-corrected chi connectivity index (χ4v) is 0. The Morgan fingerprint density at radius 3 is 1.00 bits per heavy atom. The van der Waals surface area contributed by atoms with Gasteiger partial charge in [-0.05, 0) is 0 Å². The van der Waals surface area contributed by atoms with Crippen molar-refractivity contribution in [3.05, 3.63) is 0 Å². The molecular weight excluding hydrogens is 292 g/mol. The quantitative estimate of drug-likeness (QED) is 0.391. The van der Waals surface area contributed by atoms with Crippen LogP contribution in [-0.2, 0) is 0 Å². The third-order valence-electron chi connectivity index (χ3n) is 0. The molecule has 0 fully saturated rings. The Morgan fingerprint density at radius 2 is 1.00 bits per heavy atom. The molecule has 0 unspecified atom stereocenters. The van der Waals surface area contributed by atoms with Gasteiger partial charge in [0, 0.05) is 0 Å². The van der Waals surface area contributed by atoms with Gasteiger partial charge in [0.2, 0.25) is 0 Å². The molecule has 2 radical (unpaired) electrons. The van der Waals surface area contributed by atoms with E-state index in [0.717, 1.165) is 0 Å². The molecule has 0 amide bonds. The van der Waals surface area contributed by atoms with Crippen LogP contribution in [0, 0.1) is 0 Å². The van der Waals surface area contributed by atoms with Crippen LogP contribution in [0.2, 0.25) is 4.63 Å². The standard InChI is InChI=1S/CH3.Bi.2ClH/h1H3;;2*1H/q;+2;;/p-2. The third kappa shape index (κ3) is 9.81. The Bertz CT molecular complexity index is 6.00. The van der Waals surface area contributed by atoms with E-state index in [2.05, 4.69) is 4.63 Å². The molecule has 0 spiro atoms. The van der Waals surface area contributed by atoms with E-state index in [1.807, 2.05) is 0 Å². The van der Waals surface area contributed by atoms with Gasteiger partial charge in [-0.2, -0.15) is 0 Å². The molecule has 0 rings (SSSR count). The van der Waals surface area contributed by atoms with Crippen molar-refractivity contribution in [2.75, 3.05) is 0 Å². The van der Waals surface area contributed by atoms with Crippen molar-refractivity contribution in [3.8, 4) is 0 Å². The predicted octanol–water partition coefficient (Wildman–Crippen LogP) is -5.79. The summed E-state index contributed by atoms with van der Waals surface area (Å²) in [5.41, 5.74) is 0. The van der Waals surface area contributed by atoms with Crippen LogP contribution >= 0.6 is 0 Å². The fraction of sp³-hybridized carbons (Fsp3) is 1.00. The summed E-state index contributed by atoms with van der Waals surface area (Å²) in [6.45, 7) is 0. The smallest absolute Gasteiger partial charge is 1.00 e. The molecular formula is CH3BiCl2. The minimum Gasteiger partial charge on any atom is -1.00 e. The zero-order valence-corrected chi connectivity index (χ0v) is 7.19. The van der Waals surface area contributed by atoms with Crippen molar-refractivity contribution in [2.24, 2.45) is 0 Å². The van der Waals surface area contributed by atoms with Gasteiger partial charge in [-0.25, -0.2) is 0 Å². The molecule has 0 aliphatic heterocycles. The maximum atomic E-state index is 2.11. The molecule has 0 N–H and O–H groups in total. The van der Waals surface area contributed by atoms with Crippen LogP contribution < -0.4 is 24.8 Å². The van der Waals surface area contributed by atoms with Crippen LogP contribution in [0.15, 0.2) is 0 Å². The SMILES string of the molecule is [CH3][Bi+2].[Cl-].[Cl-]. The summed E-state index contributed by atoms with van der Waals surface area (Å²) < 4.78 is 2.11. The second-order valence-corrected chi connectivity index (χ2v) is 0. The van der Waals surface area contributed by atoms with Gasteiger partial charge in [-0.15, -0.1) is 0 Å². The molecule has 0 aromatic carbocycles. The van der Waals surface area contributed by atoms with E-state index >= 15 is 0 Å². The molecule has 0 aliphatic carbocycles. The van der Waals surface area contributed by atoms with Crippen LogP contribution in [0.1, 0.15) is 0 Å². The van der Waals surface area contributed by atoms with Crippen LogP contribution in [0.25, 0.3) is 0 Å². The van der Waals surface area contributed by atoms with Gasteiger partial charge >= 0.3 is 29.4 Å². The van der Waals surface area contributed by atoms with Crippen molar-refractivity contribution < 1.29 is 24.8 Å². The second-order valence-electron chi connectivity index (χ2n) is 0. The first-order chi connectivity index (χ1) is 1.00. The monoisotopic (exact) mass is 294 g/mol. The van der Waals surface area contributed by atoms with E-state index in [1.54, 1.807) is 0 Å². The summed E-state index contributed by atoms with van der Waals surface area (Å²) in [5, 5.41) is 0. The molecule has 0 bridgehead atoms. The first kappa shape index (κ1) is 17.9. The van der Waals surface area contributed by atoms with Gasteiger partial charge in [-0.3, -0.25) is 0 Å². The molecule has 26 valence electrons. The molecule has 4 heavy (non-hydrogen) atoms. The van der Waals surface area contributed by atoms with Gasteiger partial charge in [0.05, 0.1) is 0 Å². The molecule has 0 atom stereocenters. The molecule has 0 aliphatic rings. The minimum absolute atomic E-state index is 0. The Balaban J connectivity index is -0.00000000500. The van der Waals surface area contributed by atoms with Crippen LogP contribution in [0.3, 0.4) is 0 Å². The average Bonchev–Trinajstić information content (AvgIpc) is 1.00. The molecule has 0 aromatic rings. The van der Waals surface area contributed by atoms with Crippen LogP contribution in [-0.4, -0.2) is 24.7 Å². The van der Waals surface area contributed by atoms with Gasteiger partial charge in [0.15, 0.2) is 0 Å². The Kier molecular flexibility index (Phi) is 112. The molecule has 0 saturated carbocycles. The van der Waals surface area contributed by atoms with E-state index in [9.17, 15) is 0 Å². The van der Waals surface area contributed by atoms with Crippen molar-refractivity contribution >= 4 is 24.7 Å². The Morgan fingerprint density at radius 1 is 1.00 bits per heavy atom. The summed E-state index contributed by atoms with van der Waals surface area (Å²) in [7, 11) is 0. The summed E-state index contributed by atoms with van der Waals surface area (Å²) in [4.78, 5) is 0.